The number of hydrogen-bond donors (Lipinski definition) is 0. The second-order valence-electron chi connectivity index (χ2n) is 9.21. The molecule has 0 saturated carbocycles. The number of benzene rings is 3. The van der Waals surface area contributed by atoms with E-state index in [2.05, 4.69) is 29.4 Å². The van der Waals surface area contributed by atoms with E-state index in [9.17, 15) is 9.59 Å². The first kappa shape index (κ1) is 20.4. The van der Waals surface area contributed by atoms with E-state index in [1.807, 2.05) is 42.5 Å². The van der Waals surface area contributed by atoms with E-state index in [4.69, 9.17) is 16.0 Å². The van der Waals surface area contributed by atoms with Crippen molar-refractivity contribution < 1.29 is 14.0 Å². The molecule has 1 fully saturated rings. The summed E-state index contributed by atoms with van der Waals surface area (Å²) in [7, 11) is 0. The Morgan fingerprint density at radius 1 is 0.714 bits per heavy atom. The molecule has 3 aliphatic carbocycles. The Morgan fingerprint density at radius 2 is 1.23 bits per heavy atom. The molecule has 2 heterocycles. The van der Waals surface area contributed by atoms with Gasteiger partial charge in [-0.2, -0.15) is 10.1 Å². The van der Waals surface area contributed by atoms with Crippen molar-refractivity contribution in [3.05, 3.63) is 118 Å². The predicted octanol–water partition coefficient (Wildman–Crippen LogP) is 5.83. The van der Waals surface area contributed by atoms with Crippen LogP contribution in [0.3, 0.4) is 0 Å². The summed E-state index contributed by atoms with van der Waals surface area (Å²) in [4.78, 5) is 27.2. The summed E-state index contributed by atoms with van der Waals surface area (Å²) in [6.07, 6.45) is 1.44. The Bertz CT molecular complexity index is 1420. The number of carbonyl (C=O) groups is 2. The molecule has 0 radical (unpaired) electrons. The van der Waals surface area contributed by atoms with Gasteiger partial charge in [0.2, 0.25) is 0 Å². The van der Waals surface area contributed by atoms with Gasteiger partial charge in [0.05, 0.1) is 18.1 Å². The van der Waals surface area contributed by atoms with Crippen molar-refractivity contribution in [3.8, 4) is 11.3 Å². The average molecular weight is 479 g/mol. The van der Waals surface area contributed by atoms with Gasteiger partial charge in [-0.3, -0.25) is 9.59 Å². The molecule has 0 unspecified atom stereocenters. The van der Waals surface area contributed by atoms with Crippen LogP contribution in [0.15, 0.2) is 94.4 Å². The molecule has 5 nitrogen and oxygen atoms in total. The largest absolute Gasteiger partial charge is 0.455 e. The zero-order chi connectivity index (χ0) is 23.7. The molecule has 1 aromatic heterocycles. The van der Waals surface area contributed by atoms with Crippen LogP contribution >= 0.6 is 11.6 Å². The number of carbonyl (C=O) groups excluding carboxylic acids is 2. The number of amides is 2. The van der Waals surface area contributed by atoms with E-state index in [1.54, 1.807) is 18.2 Å². The highest BCUT2D eigenvalue weighted by Gasteiger charge is 2.61. The van der Waals surface area contributed by atoms with Gasteiger partial charge >= 0.3 is 0 Å². The van der Waals surface area contributed by atoms with Gasteiger partial charge in [0.1, 0.15) is 11.5 Å². The highest BCUT2D eigenvalue weighted by Crippen LogP contribution is 2.60. The van der Waals surface area contributed by atoms with Gasteiger partial charge in [-0.25, -0.2) is 0 Å². The Morgan fingerprint density at radius 3 is 1.74 bits per heavy atom. The highest BCUT2D eigenvalue weighted by molar-refractivity contribution is 6.30. The molecule has 35 heavy (non-hydrogen) atoms. The molecule has 170 valence electrons. The van der Waals surface area contributed by atoms with Gasteiger partial charge in [-0.1, -0.05) is 60.1 Å². The van der Waals surface area contributed by atoms with E-state index in [1.165, 1.54) is 6.21 Å². The second kappa shape index (κ2) is 7.52. The van der Waals surface area contributed by atoms with Crippen LogP contribution in [0.1, 0.15) is 39.8 Å². The second-order valence-corrected chi connectivity index (χ2v) is 9.64. The maximum absolute atomic E-state index is 13.6. The third-order valence-electron chi connectivity index (χ3n) is 7.48. The smallest absolute Gasteiger partial charge is 0.254 e. The van der Waals surface area contributed by atoms with Crippen molar-refractivity contribution in [1.82, 2.24) is 5.01 Å². The van der Waals surface area contributed by atoms with E-state index in [0.29, 0.717) is 16.5 Å². The van der Waals surface area contributed by atoms with Crippen LogP contribution in [0, 0.1) is 11.8 Å². The lowest BCUT2D eigenvalue weighted by Gasteiger charge is -2.45. The first-order chi connectivity index (χ1) is 17.1. The monoisotopic (exact) mass is 478 g/mol. The molecule has 0 spiro atoms. The van der Waals surface area contributed by atoms with Crippen LogP contribution in [-0.4, -0.2) is 23.0 Å². The maximum Gasteiger partial charge on any atom is 0.254 e. The molecule has 8 rings (SSSR count). The summed E-state index contributed by atoms with van der Waals surface area (Å²) >= 11 is 5.97. The Balaban J connectivity index is 1.23. The third kappa shape index (κ3) is 2.91. The van der Waals surface area contributed by atoms with Crippen LogP contribution < -0.4 is 0 Å². The molecule has 4 aliphatic rings. The van der Waals surface area contributed by atoms with Crippen molar-refractivity contribution in [2.75, 3.05) is 0 Å². The molecule has 1 saturated heterocycles. The Kier molecular flexibility index (Phi) is 4.39. The summed E-state index contributed by atoms with van der Waals surface area (Å²) in [5, 5.41) is 6.02. The Labute approximate surface area is 206 Å². The van der Waals surface area contributed by atoms with Crippen LogP contribution in [0.25, 0.3) is 11.3 Å². The summed E-state index contributed by atoms with van der Waals surface area (Å²) in [5.74, 6) is -0.575. The first-order valence-corrected chi connectivity index (χ1v) is 11.9. The molecular formula is C29H19ClN2O3. The molecule has 4 aromatic rings. The van der Waals surface area contributed by atoms with Crippen LogP contribution in [0.5, 0.6) is 0 Å². The van der Waals surface area contributed by atoms with E-state index in [-0.39, 0.29) is 23.7 Å². The lowest BCUT2D eigenvalue weighted by molar-refractivity contribution is -0.139. The number of furan rings is 1. The summed E-state index contributed by atoms with van der Waals surface area (Å²) in [6.45, 7) is 0. The standard InChI is InChI=1S/C29H19ClN2O3/c30-17-11-9-16(10-12-17)23-14-13-18(35-23)15-31-32-28(33)26-24-19-5-1-2-6-20(19)25(27(26)29(32)34)22-8-4-3-7-21(22)24/h1-15,24-27H/b31-15-/t24?,25?,26-,27-/m1/s1. The zero-order valence-corrected chi connectivity index (χ0v) is 19.2. The Hall–Kier alpha value is -3.96. The predicted molar refractivity (Wildman–Crippen MR) is 132 cm³/mol. The van der Waals surface area contributed by atoms with Gasteiger partial charge in [0, 0.05) is 22.4 Å². The number of halogens is 1. The fourth-order valence-corrected chi connectivity index (χ4v) is 6.21. The number of nitrogens with zero attached hydrogens (tertiary/aromatic N) is 2. The molecule has 0 N–H and O–H groups in total. The summed E-state index contributed by atoms with van der Waals surface area (Å²) < 4.78 is 5.87. The molecule has 2 amide bonds. The fraction of sp³-hybridized carbons (Fsp3) is 0.138. The van der Waals surface area contributed by atoms with Gasteiger partial charge in [0.15, 0.2) is 0 Å². The van der Waals surface area contributed by atoms with Crippen molar-refractivity contribution in [2.24, 2.45) is 16.9 Å². The van der Waals surface area contributed by atoms with Crippen LogP contribution in [-0.2, 0) is 9.59 Å². The minimum Gasteiger partial charge on any atom is -0.455 e. The van der Waals surface area contributed by atoms with E-state index in [0.717, 1.165) is 32.8 Å². The van der Waals surface area contributed by atoms with Gasteiger partial charge in [-0.05, 0) is 58.7 Å². The molecule has 1 aliphatic heterocycles. The summed E-state index contributed by atoms with van der Waals surface area (Å²) in [5.41, 5.74) is 5.44. The van der Waals surface area contributed by atoms with E-state index >= 15 is 0 Å². The SMILES string of the molecule is O=C1[C@@H]2C3c4ccccc4C(c4ccccc43)[C@H]2C(=O)N1/N=C\c1ccc(-c2ccc(Cl)cc2)o1. The number of rotatable bonds is 3. The molecule has 6 heteroatoms. The number of hydrazone groups is 1. The van der Waals surface area contributed by atoms with Gasteiger partial charge < -0.3 is 4.42 Å². The number of imide groups is 1. The maximum atomic E-state index is 13.6. The lowest BCUT2D eigenvalue weighted by Crippen LogP contribution is -2.41. The topological polar surface area (TPSA) is 62.9 Å². The molecule has 3 aromatic carbocycles. The zero-order valence-electron chi connectivity index (χ0n) is 18.5. The minimum absolute atomic E-state index is 0.144. The van der Waals surface area contributed by atoms with Gasteiger partial charge in [0.25, 0.3) is 11.8 Å². The first-order valence-electron chi connectivity index (χ1n) is 11.6. The number of hydrogen-bond acceptors (Lipinski definition) is 4. The van der Waals surface area contributed by atoms with E-state index < -0.39 is 11.8 Å². The minimum atomic E-state index is -0.448. The van der Waals surface area contributed by atoms with Crippen LogP contribution in [0.2, 0.25) is 5.02 Å². The highest BCUT2D eigenvalue weighted by atomic mass is 35.5. The van der Waals surface area contributed by atoms with Crippen LogP contribution in [0.4, 0.5) is 0 Å². The molecule has 2 atom stereocenters. The van der Waals surface area contributed by atoms with Crippen molar-refractivity contribution in [1.29, 1.82) is 0 Å². The van der Waals surface area contributed by atoms with Crippen molar-refractivity contribution in [3.63, 3.8) is 0 Å². The lowest BCUT2D eigenvalue weighted by atomic mass is 9.55. The average Bonchev–Trinajstić information content (AvgIpc) is 3.46. The normalized spacial score (nSPS) is 24.1. The molecular weight excluding hydrogens is 460 g/mol. The molecule has 2 bridgehead atoms. The van der Waals surface area contributed by atoms with Gasteiger partial charge in [-0.15, -0.1) is 0 Å². The third-order valence-corrected chi connectivity index (χ3v) is 7.73. The van der Waals surface area contributed by atoms with Crippen molar-refractivity contribution in [2.45, 2.75) is 11.8 Å². The summed E-state index contributed by atoms with van der Waals surface area (Å²) in [6, 6.07) is 27.3. The fourth-order valence-electron chi connectivity index (χ4n) is 6.08. The quantitative estimate of drug-likeness (QED) is 0.275. The van der Waals surface area contributed by atoms with Crippen molar-refractivity contribution >= 4 is 29.6 Å².